The predicted molar refractivity (Wildman–Crippen MR) is 209 cm³/mol. The van der Waals surface area contributed by atoms with Crippen molar-refractivity contribution in [3.63, 3.8) is 0 Å². The molecule has 0 aliphatic carbocycles. The van der Waals surface area contributed by atoms with Gasteiger partial charge in [0.1, 0.15) is 24.2 Å². The second-order valence-electron chi connectivity index (χ2n) is 13.6. The Morgan fingerprint density at radius 3 is 1.79 bits per heavy atom. The van der Waals surface area contributed by atoms with Gasteiger partial charge in [-0.25, -0.2) is 9.78 Å². The number of aromatic nitrogens is 2. The molecule has 0 radical (unpaired) electrons. The van der Waals surface area contributed by atoms with Gasteiger partial charge in [0.15, 0.2) is 10.8 Å². The summed E-state index contributed by atoms with van der Waals surface area (Å²) in [6.07, 6.45) is 4.32. The van der Waals surface area contributed by atoms with Gasteiger partial charge in [-0.15, -0.1) is 0 Å². The lowest BCUT2D eigenvalue weighted by Crippen LogP contribution is -2.48. The van der Waals surface area contributed by atoms with Crippen molar-refractivity contribution in [3.8, 4) is 10.4 Å². The zero-order chi connectivity index (χ0) is 40.1. The second-order valence-corrected chi connectivity index (χ2v) is 14.6. The third kappa shape index (κ3) is 8.52. The van der Waals surface area contributed by atoms with Crippen molar-refractivity contribution in [1.29, 1.82) is 0 Å². The Morgan fingerprint density at radius 2 is 1.26 bits per heavy atom. The Morgan fingerprint density at radius 1 is 0.719 bits per heavy atom. The zero-order valence-electron chi connectivity index (χ0n) is 30.4. The van der Waals surface area contributed by atoms with Gasteiger partial charge in [-0.1, -0.05) is 84.1 Å². The zero-order valence-corrected chi connectivity index (χ0v) is 31.2. The third-order valence-electron chi connectivity index (χ3n) is 9.94. The number of likely N-dealkylation sites (tertiary alicyclic amines) is 2. The molecule has 2 aliphatic heterocycles. The Hall–Kier alpha value is -6.88. The number of aldehydes is 1. The van der Waals surface area contributed by atoms with Crippen LogP contribution in [0.4, 0.5) is 16.3 Å². The summed E-state index contributed by atoms with van der Waals surface area (Å²) < 4.78 is 1.77. The van der Waals surface area contributed by atoms with Crippen molar-refractivity contribution in [2.75, 3.05) is 23.7 Å². The summed E-state index contributed by atoms with van der Waals surface area (Å²) in [6, 6.07) is 20.4. The number of anilines is 2. The molecule has 3 aromatic carbocycles. The maximum absolute atomic E-state index is 13.6. The summed E-state index contributed by atoms with van der Waals surface area (Å²) in [4.78, 5) is 97.5. The number of amides is 6. The van der Waals surface area contributed by atoms with Gasteiger partial charge >= 0.3 is 6.09 Å². The van der Waals surface area contributed by atoms with E-state index in [4.69, 9.17) is 0 Å². The van der Waals surface area contributed by atoms with Gasteiger partial charge in [0.2, 0.25) is 24.0 Å². The number of fused-ring (bicyclic) bond motifs is 1. The SMILES string of the molecule is O=CC(=O)N[C@@H](C(=O)N1CCC[C@H]1C(=O)Nc1ccc(-c2cn3cc(NC(=O)[C@@H]4CCCN4C(=O)[C@H](NC(=O)O)c4ccccc4)nc3s2)cc1)c1ccccc1. The quantitative estimate of drug-likeness (QED) is 0.0913. The van der Waals surface area contributed by atoms with Crippen molar-refractivity contribution < 1.29 is 38.7 Å². The number of rotatable bonds is 12. The molecule has 4 atom stereocenters. The van der Waals surface area contributed by atoms with E-state index in [0.717, 1.165) is 10.4 Å². The molecular weight excluding hydrogens is 753 g/mol. The van der Waals surface area contributed by atoms with Crippen LogP contribution in [0.1, 0.15) is 48.9 Å². The first-order valence-corrected chi connectivity index (χ1v) is 19.1. The molecular formula is C40H38N8O8S. The summed E-state index contributed by atoms with van der Waals surface area (Å²) in [6.45, 7) is 0.631. The van der Waals surface area contributed by atoms with Gasteiger partial charge in [0.25, 0.3) is 11.8 Å². The lowest BCUT2D eigenvalue weighted by molar-refractivity contribution is -0.141. The van der Waals surface area contributed by atoms with Crippen LogP contribution in [0.3, 0.4) is 0 Å². The summed E-state index contributed by atoms with van der Waals surface area (Å²) in [5.41, 5.74) is 2.35. The van der Waals surface area contributed by atoms with E-state index >= 15 is 0 Å². The van der Waals surface area contributed by atoms with Crippen LogP contribution in [0, 0.1) is 0 Å². The smallest absolute Gasteiger partial charge is 0.405 e. The van der Waals surface area contributed by atoms with Gasteiger partial charge in [-0.2, -0.15) is 0 Å². The molecule has 292 valence electrons. The second kappa shape index (κ2) is 16.9. The molecule has 0 bridgehead atoms. The van der Waals surface area contributed by atoms with Crippen molar-refractivity contribution in [2.24, 2.45) is 0 Å². The number of carbonyl (C=O) groups excluding carboxylic acids is 6. The fraction of sp³-hybridized carbons (Fsp3) is 0.250. The van der Waals surface area contributed by atoms with E-state index in [9.17, 15) is 38.7 Å². The molecule has 7 rings (SSSR count). The minimum Gasteiger partial charge on any atom is -0.465 e. The molecule has 2 fully saturated rings. The number of hydrogen-bond acceptors (Lipinski definition) is 9. The fourth-order valence-corrected chi connectivity index (χ4v) is 8.22. The molecule has 0 unspecified atom stereocenters. The average molecular weight is 791 g/mol. The van der Waals surface area contributed by atoms with E-state index < -0.39 is 53.9 Å². The maximum Gasteiger partial charge on any atom is 0.405 e. The highest BCUT2D eigenvalue weighted by Gasteiger charge is 2.40. The predicted octanol–water partition coefficient (Wildman–Crippen LogP) is 3.99. The standard InChI is InChI=1S/C40H38N8O8S/c49-23-32(50)44-33(25-9-3-1-4-10-25)37(53)47-19-7-13-28(47)35(51)41-27-17-15-24(16-18-27)30-21-46-22-31(43-39(46)57-30)42-36(52)29-14-8-20-48(29)38(54)34(45-40(55)56)26-11-5-2-6-12-26/h1-6,9-12,15-18,21-23,28-29,33-34,45H,7-8,13-14,19-20H2,(H,41,51)(H,42,52)(H,44,50)(H,55,56)/t28-,29-,33+,34+/m0/s1. The summed E-state index contributed by atoms with van der Waals surface area (Å²) in [7, 11) is 0. The molecule has 6 amide bonds. The third-order valence-corrected chi connectivity index (χ3v) is 11.0. The Bertz CT molecular complexity index is 2280. The van der Waals surface area contributed by atoms with Gasteiger partial charge in [0.05, 0.1) is 11.1 Å². The van der Waals surface area contributed by atoms with E-state index in [0.29, 0.717) is 66.4 Å². The van der Waals surface area contributed by atoms with E-state index in [1.165, 1.54) is 21.1 Å². The molecule has 2 aromatic heterocycles. The minimum absolute atomic E-state index is 0.109. The van der Waals surface area contributed by atoms with Crippen LogP contribution < -0.4 is 21.3 Å². The lowest BCUT2D eigenvalue weighted by atomic mass is 10.0. The van der Waals surface area contributed by atoms with E-state index in [1.54, 1.807) is 83.4 Å². The largest absolute Gasteiger partial charge is 0.465 e. The highest BCUT2D eigenvalue weighted by Crippen LogP contribution is 2.32. The number of hydrogen-bond donors (Lipinski definition) is 5. The molecule has 16 nitrogen and oxygen atoms in total. The molecule has 0 spiro atoms. The van der Waals surface area contributed by atoms with Crippen LogP contribution in [-0.2, 0) is 28.8 Å². The van der Waals surface area contributed by atoms with Gasteiger partial charge in [0, 0.05) is 25.0 Å². The first-order chi connectivity index (χ1) is 27.6. The van der Waals surface area contributed by atoms with Crippen molar-refractivity contribution >= 4 is 69.7 Å². The van der Waals surface area contributed by atoms with E-state index in [2.05, 4.69) is 26.3 Å². The number of carboxylic acid groups (broad SMARTS) is 1. The van der Waals surface area contributed by atoms with Gasteiger partial charge < -0.3 is 36.2 Å². The number of nitrogens with one attached hydrogen (secondary N) is 4. The molecule has 17 heteroatoms. The number of carbonyl (C=O) groups is 7. The van der Waals surface area contributed by atoms with Crippen LogP contribution in [0.2, 0.25) is 0 Å². The first kappa shape index (κ1) is 38.4. The Kier molecular flexibility index (Phi) is 11.4. The average Bonchev–Trinajstić information content (AvgIpc) is 4.04. The fourth-order valence-electron chi connectivity index (χ4n) is 7.25. The molecule has 5 aromatic rings. The van der Waals surface area contributed by atoms with Crippen LogP contribution in [0.15, 0.2) is 97.3 Å². The maximum atomic E-state index is 13.6. The van der Waals surface area contributed by atoms with Crippen LogP contribution in [-0.4, -0.2) is 91.4 Å². The first-order valence-electron chi connectivity index (χ1n) is 18.3. The Labute approximate surface area is 329 Å². The minimum atomic E-state index is -1.35. The highest BCUT2D eigenvalue weighted by molar-refractivity contribution is 7.20. The molecule has 2 saturated heterocycles. The van der Waals surface area contributed by atoms with Crippen molar-refractivity contribution in [3.05, 3.63) is 108 Å². The number of benzene rings is 3. The monoisotopic (exact) mass is 790 g/mol. The summed E-state index contributed by atoms with van der Waals surface area (Å²) >= 11 is 1.38. The number of thiazole rings is 1. The topological polar surface area (TPSA) is 212 Å². The van der Waals surface area contributed by atoms with Crippen LogP contribution in [0.25, 0.3) is 15.4 Å². The molecule has 57 heavy (non-hydrogen) atoms. The van der Waals surface area contributed by atoms with E-state index in [1.807, 2.05) is 18.3 Å². The van der Waals surface area contributed by atoms with Gasteiger partial charge in [-0.05, 0) is 54.5 Å². The summed E-state index contributed by atoms with van der Waals surface area (Å²) in [5, 5.41) is 19.9. The van der Waals surface area contributed by atoms with Crippen LogP contribution >= 0.6 is 11.3 Å². The number of imidazole rings is 1. The lowest BCUT2D eigenvalue weighted by Gasteiger charge is -2.28. The number of nitrogens with zero attached hydrogens (tertiary/aromatic N) is 4. The highest BCUT2D eigenvalue weighted by atomic mass is 32.1. The van der Waals surface area contributed by atoms with E-state index in [-0.39, 0.29) is 12.2 Å². The molecule has 4 heterocycles. The molecule has 0 saturated carbocycles. The van der Waals surface area contributed by atoms with Crippen LogP contribution in [0.5, 0.6) is 0 Å². The summed E-state index contributed by atoms with van der Waals surface area (Å²) in [5.74, 6) is -2.40. The van der Waals surface area contributed by atoms with Crippen molar-refractivity contribution in [1.82, 2.24) is 29.8 Å². The molecule has 5 N–H and O–H groups in total. The van der Waals surface area contributed by atoms with Gasteiger partial charge in [-0.3, -0.25) is 33.2 Å². The molecule has 2 aliphatic rings. The van der Waals surface area contributed by atoms with Crippen molar-refractivity contribution in [2.45, 2.75) is 49.9 Å². The Balaban J connectivity index is 0.975. The normalized spacial score (nSPS) is 17.4.